The highest BCUT2D eigenvalue weighted by Gasteiger charge is 2.05. The fraction of sp³-hybridized carbons (Fsp3) is 0.167. The Morgan fingerprint density at radius 2 is 2.19 bits per heavy atom. The summed E-state index contributed by atoms with van der Waals surface area (Å²) in [6.07, 6.45) is 0.721. The summed E-state index contributed by atoms with van der Waals surface area (Å²) in [5.41, 5.74) is 1.49. The fourth-order valence-electron chi connectivity index (χ4n) is 1.50. The van der Waals surface area contributed by atoms with Crippen LogP contribution in [-0.4, -0.2) is 10.2 Å². The molecule has 0 aliphatic rings. The molecule has 0 saturated carbocycles. The highest BCUT2D eigenvalue weighted by molar-refractivity contribution is 5.62. The smallest absolute Gasteiger partial charge is 0.267 e. The van der Waals surface area contributed by atoms with Crippen molar-refractivity contribution in [3.05, 3.63) is 52.2 Å². The number of hydrogen-bond acceptors (Lipinski definition) is 2. The highest BCUT2D eigenvalue weighted by Crippen LogP contribution is 2.16. The number of hydrogen-bond donors (Lipinski definition) is 1. The monoisotopic (exact) mass is 218 g/mol. The molecule has 0 aliphatic heterocycles. The van der Waals surface area contributed by atoms with Gasteiger partial charge in [0.25, 0.3) is 5.56 Å². The number of aromatic nitrogens is 2. The normalized spacial score (nSPS) is 10.4. The maximum atomic E-state index is 13.0. The second kappa shape index (κ2) is 4.26. The third-order valence-corrected chi connectivity index (χ3v) is 2.35. The van der Waals surface area contributed by atoms with Gasteiger partial charge in [-0.05, 0) is 30.2 Å². The maximum absolute atomic E-state index is 13.0. The third kappa shape index (κ3) is 2.00. The Morgan fingerprint density at radius 3 is 2.88 bits per heavy atom. The average molecular weight is 218 g/mol. The lowest BCUT2D eigenvalue weighted by molar-refractivity contribution is 0.628. The van der Waals surface area contributed by atoms with Crippen molar-refractivity contribution in [2.75, 3.05) is 0 Å². The van der Waals surface area contributed by atoms with E-state index in [9.17, 15) is 9.18 Å². The summed E-state index contributed by atoms with van der Waals surface area (Å²) in [4.78, 5) is 11.6. The molecule has 3 nitrogen and oxygen atoms in total. The standard InChI is InChI=1S/C12H11FN2O/c1-2-10-7-11(12(16)15-14-10)8-4-3-5-9(13)6-8/h3-7H,2H2,1H3,(H,15,16). The molecule has 1 aromatic heterocycles. The molecular weight excluding hydrogens is 207 g/mol. The molecule has 0 radical (unpaired) electrons. The number of H-pyrrole nitrogens is 1. The lowest BCUT2D eigenvalue weighted by atomic mass is 10.1. The van der Waals surface area contributed by atoms with Crippen LogP contribution < -0.4 is 5.56 Å². The topological polar surface area (TPSA) is 45.8 Å². The fourth-order valence-corrected chi connectivity index (χ4v) is 1.50. The number of aryl methyl sites for hydroxylation is 1. The van der Waals surface area contributed by atoms with Crippen LogP contribution >= 0.6 is 0 Å². The van der Waals surface area contributed by atoms with Crippen LogP contribution in [0.4, 0.5) is 4.39 Å². The zero-order chi connectivity index (χ0) is 11.5. The van der Waals surface area contributed by atoms with Crippen LogP contribution in [0.5, 0.6) is 0 Å². The first-order chi connectivity index (χ1) is 7.70. The van der Waals surface area contributed by atoms with Crippen molar-refractivity contribution in [3.63, 3.8) is 0 Å². The predicted octanol–water partition coefficient (Wildman–Crippen LogP) is 2.14. The zero-order valence-electron chi connectivity index (χ0n) is 8.83. The van der Waals surface area contributed by atoms with E-state index in [2.05, 4.69) is 10.2 Å². The van der Waals surface area contributed by atoms with E-state index in [0.717, 1.165) is 12.1 Å². The van der Waals surface area contributed by atoms with Gasteiger partial charge in [-0.15, -0.1) is 0 Å². The minimum absolute atomic E-state index is 0.303. The Hall–Kier alpha value is -1.97. The van der Waals surface area contributed by atoms with Crippen molar-refractivity contribution in [3.8, 4) is 11.1 Å². The molecule has 0 bridgehead atoms. The van der Waals surface area contributed by atoms with Gasteiger partial charge in [0.05, 0.1) is 11.3 Å². The van der Waals surface area contributed by atoms with Gasteiger partial charge in [0, 0.05) is 0 Å². The van der Waals surface area contributed by atoms with Crippen molar-refractivity contribution in [1.29, 1.82) is 0 Å². The minimum Gasteiger partial charge on any atom is -0.267 e. The molecule has 0 aliphatic carbocycles. The lowest BCUT2D eigenvalue weighted by Gasteiger charge is -2.02. The number of nitrogens with zero attached hydrogens (tertiary/aromatic N) is 1. The van der Waals surface area contributed by atoms with Crippen LogP contribution in [0.15, 0.2) is 35.1 Å². The quantitative estimate of drug-likeness (QED) is 0.839. The molecule has 0 unspecified atom stereocenters. The van der Waals surface area contributed by atoms with Crippen LogP contribution in [0.2, 0.25) is 0 Å². The molecule has 1 heterocycles. The zero-order valence-corrected chi connectivity index (χ0v) is 8.83. The summed E-state index contributed by atoms with van der Waals surface area (Å²) < 4.78 is 13.0. The molecule has 0 amide bonds. The Morgan fingerprint density at radius 1 is 1.38 bits per heavy atom. The van der Waals surface area contributed by atoms with Gasteiger partial charge in [-0.25, -0.2) is 9.49 Å². The van der Waals surface area contributed by atoms with Crippen molar-refractivity contribution in [2.24, 2.45) is 0 Å². The van der Waals surface area contributed by atoms with E-state index in [4.69, 9.17) is 0 Å². The number of aromatic amines is 1. The Bertz CT molecular complexity index is 563. The first-order valence-electron chi connectivity index (χ1n) is 5.05. The van der Waals surface area contributed by atoms with Crippen molar-refractivity contribution in [2.45, 2.75) is 13.3 Å². The Kier molecular flexibility index (Phi) is 2.81. The van der Waals surface area contributed by atoms with Crippen molar-refractivity contribution in [1.82, 2.24) is 10.2 Å². The highest BCUT2D eigenvalue weighted by atomic mass is 19.1. The van der Waals surface area contributed by atoms with E-state index in [1.807, 2.05) is 6.92 Å². The molecule has 2 rings (SSSR count). The first kappa shape index (κ1) is 10.5. The summed E-state index contributed by atoms with van der Waals surface area (Å²) in [7, 11) is 0. The predicted molar refractivity (Wildman–Crippen MR) is 59.6 cm³/mol. The molecule has 4 heteroatoms. The molecule has 16 heavy (non-hydrogen) atoms. The molecular formula is C12H11FN2O. The molecule has 0 fully saturated rings. The van der Waals surface area contributed by atoms with E-state index in [0.29, 0.717) is 11.1 Å². The molecule has 0 spiro atoms. The molecule has 0 atom stereocenters. The minimum atomic E-state index is -0.355. The molecule has 82 valence electrons. The number of benzene rings is 1. The van der Waals surface area contributed by atoms with Crippen molar-refractivity contribution < 1.29 is 4.39 Å². The second-order valence-corrected chi connectivity index (χ2v) is 3.47. The van der Waals surface area contributed by atoms with E-state index >= 15 is 0 Å². The van der Waals surface area contributed by atoms with E-state index in [-0.39, 0.29) is 11.4 Å². The number of nitrogens with one attached hydrogen (secondary N) is 1. The largest absolute Gasteiger partial charge is 0.272 e. The summed E-state index contributed by atoms with van der Waals surface area (Å²) >= 11 is 0. The van der Waals surface area contributed by atoms with Gasteiger partial charge in [-0.2, -0.15) is 5.10 Å². The third-order valence-electron chi connectivity index (χ3n) is 2.35. The van der Waals surface area contributed by atoms with Crippen LogP contribution in [0.1, 0.15) is 12.6 Å². The van der Waals surface area contributed by atoms with Gasteiger partial charge in [0.1, 0.15) is 5.82 Å². The van der Waals surface area contributed by atoms with Gasteiger partial charge in [0.2, 0.25) is 0 Å². The van der Waals surface area contributed by atoms with E-state index in [1.54, 1.807) is 18.2 Å². The Balaban J connectivity index is 2.59. The first-order valence-corrected chi connectivity index (χ1v) is 5.05. The van der Waals surface area contributed by atoms with Gasteiger partial charge in [-0.3, -0.25) is 4.79 Å². The molecule has 1 aromatic carbocycles. The van der Waals surface area contributed by atoms with Crippen LogP contribution in [0.25, 0.3) is 11.1 Å². The number of rotatable bonds is 2. The average Bonchev–Trinajstić information content (AvgIpc) is 2.30. The van der Waals surface area contributed by atoms with Crippen LogP contribution in [0, 0.1) is 5.82 Å². The van der Waals surface area contributed by atoms with Gasteiger partial charge >= 0.3 is 0 Å². The SMILES string of the molecule is CCc1cc(-c2cccc(F)c2)c(=O)[nH]n1. The summed E-state index contributed by atoms with van der Waals surface area (Å²) in [6, 6.07) is 7.65. The number of halogens is 1. The van der Waals surface area contributed by atoms with Gasteiger partial charge in [0.15, 0.2) is 0 Å². The summed E-state index contributed by atoms with van der Waals surface area (Å²) in [5, 5.41) is 6.28. The van der Waals surface area contributed by atoms with Crippen LogP contribution in [-0.2, 0) is 6.42 Å². The second-order valence-electron chi connectivity index (χ2n) is 3.47. The molecule has 1 N–H and O–H groups in total. The van der Waals surface area contributed by atoms with Gasteiger partial charge < -0.3 is 0 Å². The van der Waals surface area contributed by atoms with Crippen molar-refractivity contribution >= 4 is 0 Å². The summed E-state index contributed by atoms with van der Waals surface area (Å²) in [5.74, 6) is -0.355. The Labute approximate surface area is 92.0 Å². The van der Waals surface area contributed by atoms with Gasteiger partial charge in [-0.1, -0.05) is 19.1 Å². The molecule has 0 saturated heterocycles. The molecule has 2 aromatic rings. The van der Waals surface area contributed by atoms with Crippen LogP contribution in [0.3, 0.4) is 0 Å². The summed E-state index contributed by atoms with van der Waals surface area (Å²) in [6.45, 7) is 1.94. The van der Waals surface area contributed by atoms with E-state index < -0.39 is 0 Å². The van der Waals surface area contributed by atoms with E-state index in [1.165, 1.54) is 12.1 Å². The lowest BCUT2D eigenvalue weighted by Crippen LogP contribution is -2.12. The maximum Gasteiger partial charge on any atom is 0.272 e.